The second-order valence-corrected chi connectivity index (χ2v) is 3.62. The van der Waals surface area contributed by atoms with Gasteiger partial charge in [0.05, 0.1) is 17.9 Å². The van der Waals surface area contributed by atoms with Gasteiger partial charge in [0.1, 0.15) is 0 Å². The molecule has 0 aromatic carbocycles. The molecule has 0 aliphatic heterocycles. The Hall–Kier alpha value is -0.940. The number of aromatic nitrogens is 3. The molecule has 1 aliphatic carbocycles. The van der Waals surface area contributed by atoms with Crippen LogP contribution < -0.4 is 11.5 Å². The maximum atomic E-state index is 5.82. The molecule has 1 fully saturated rings. The second kappa shape index (κ2) is 3.43. The van der Waals surface area contributed by atoms with E-state index in [9.17, 15) is 0 Å². The number of hydrogen-bond acceptors (Lipinski definition) is 4. The maximum Gasteiger partial charge on any atom is 0.0962 e. The largest absolute Gasteiger partial charge is 0.328 e. The van der Waals surface area contributed by atoms with E-state index in [1.165, 1.54) is 0 Å². The maximum absolute atomic E-state index is 5.82. The van der Waals surface area contributed by atoms with E-state index in [1.807, 2.05) is 10.9 Å². The van der Waals surface area contributed by atoms with Gasteiger partial charge in [-0.3, -0.25) is 0 Å². The molecule has 5 nitrogen and oxygen atoms in total. The van der Waals surface area contributed by atoms with Gasteiger partial charge < -0.3 is 11.5 Å². The predicted molar refractivity (Wildman–Crippen MR) is 48.8 cm³/mol. The van der Waals surface area contributed by atoms with Gasteiger partial charge in [-0.1, -0.05) is 5.21 Å². The summed E-state index contributed by atoms with van der Waals surface area (Å²) in [6.45, 7) is 0.457. The van der Waals surface area contributed by atoms with E-state index < -0.39 is 0 Å². The predicted octanol–water partition coefficient (Wildman–Crippen LogP) is -0.211. The van der Waals surface area contributed by atoms with Crippen LogP contribution in [0.4, 0.5) is 0 Å². The number of nitrogens with zero attached hydrogens (tertiary/aromatic N) is 3. The van der Waals surface area contributed by atoms with Crippen molar-refractivity contribution in [3.05, 3.63) is 11.9 Å². The van der Waals surface area contributed by atoms with Crippen LogP contribution in [0.2, 0.25) is 0 Å². The van der Waals surface area contributed by atoms with Crippen molar-refractivity contribution in [2.45, 2.75) is 37.9 Å². The highest BCUT2D eigenvalue weighted by Gasteiger charge is 2.23. The minimum Gasteiger partial charge on any atom is -0.328 e. The van der Waals surface area contributed by atoms with E-state index in [0.29, 0.717) is 18.6 Å². The first-order chi connectivity index (χ1) is 6.29. The average molecular weight is 181 g/mol. The molecule has 72 valence electrons. The molecule has 0 radical (unpaired) electrons. The zero-order valence-electron chi connectivity index (χ0n) is 7.56. The molecule has 4 N–H and O–H groups in total. The van der Waals surface area contributed by atoms with Crippen LogP contribution in [0, 0.1) is 0 Å². The lowest BCUT2D eigenvalue weighted by atomic mass is 10.2. The summed E-state index contributed by atoms with van der Waals surface area (Å²) in [5, 5.41) is 7.99. The summed E-state index contributed by atoms with van der Waals surface area (Å²) < 4.78 is 1.90. The van der Waals surface area contributed by atoms with Crippen molar-refractivity contribution in [2.75, 3.05) is 0 Å². The Morgan fingerprint density at radius 3 is 2.92 bits per heavy atom. The third-order valence-electron chi connectivity index (χ3n) is 2.59. The normalized spacial score (nSPS) is 28.2. The van der Waals surface area contributed by atoms with Crippen LogP contribution in [-0.4, -0.2) is 21.0 Å². The lowest BCUT2D eigenvalue weighted by molar-refractivity contribution is 0.448. The summed E-state index contributed by atoms with van der Waals surface area (Å²) in [4.78, 5) is 0. The second-order valence-electron chi connectivity index (χ2n) is 3.62. The fourth-order valence-corrected chi connectivity index (χ4v) is 1.82. The average Bonchev–Trinajstić information content (AvgIpc) is 2.71. The monoisotopic (exact) mass is 181 g/mol. The molecule has 1 saturated carbocycles. The molecule has 1 heterocycles. The van der Waals surface area contributed by atoms with Crippen molar-refractivity contribution >= 4 is 0 Å². The Morgan fingerprint density at radius 2 is 2.38 bits per heavy atom. The van der Waals surface area contributed by atoms with Crippen molar-refractivity contribution in [1.29, 1.82) is 0 Å². The summed E-state index contributed by atoms with van der Waals surface area (Å²) in [7, 11) is 0. The van der Waals surface area contributed by atoms with Crippen LogP contribution in [0.25, 0.3) is 0 Å². The van der Waals surface area contributed by atoms with E-state index in [-0.39, 0.29) is 0 Å². The Morgan fingerprint density at radius 1 is 1.54 bits per heavy atom. The smallest absolute Gasteiger partial charge is 0.0962 e. The molecule has 0 bridgehead atoms. The molecule has 1 aromatic heterocycles. The highest BCUT2D eigenvalue weighted by Crippen LogP contribution is 2.27. The lowest BCUT2D eigenvalue weighted by Gasteiger charge is -2.07. The molecule has 1 aromatic rings. The van der Waals surface area contributed by atoms with E-state index in [4.69, 9.17) is 11.5 Å². The minimum absolute atomic E-state index is 0.329. The Balaban J connectivity index is 2.08. The van der Waals surface area contributed by atoms with Gasteiger partial charge in [0, 0.05) is 12.6 Å². The summed E-state index contributed by atoms with van der Waals surface area (Å²) in [5.41, 5.74) is 12.1. The highest BCUT2D eigenvalue weighted by atomic mass is 15.4. The van der Waals surface area contributed by atoms with Gasteiger partial charge in [0.2, 0.25) is 0 Å². The van der Waals surface area contributed by atoms with E-state index in [2.05, 4.69) is 10.3 Å². The molecule has 2 atom stereocenters. The van der Waals surface area contributed by atoms with Crippen molar-refractivity contribution in [3.63, 3.8) is 0 Å². The molecular formula is C8H15N5. The van der Waals surface area contributed by atoms with Crippen molar-refractivity contribution in [2.24, 2.45) is 11.5 Å². The summed E-state index contributed by atoms with van der Waals surface area (Å²) in [6.07, 6.45) is 5.12. The van der Waals surface area contributed by atoms with Crippen molar-refractivity contribution in [1.82, 2.24) is 15.0 Å². The molecule has 1 aliphatic rings. The Labute approximate surface area is 77.1 Å². The Bertz CT molecular complexity index is 282. The molecule has 0 unspecified atom stereocenters. The van der Waals surface area contributed by atoms with Crippen LogP contribution in [-0.2, 0) is 6.54 Å². The van der Waals surface area contributed by atoms with E-state index in [0.717, 1.165) is 25.0 Å². The Kier molecular flexibility index (Phi) is 2.28. The molecule has 0 spiro atoms. The number of hydrogen-bond donors (Lipinski definition) is 2. The first-order valence-electron chi connectivity index (χ1n) is 4.66. The van der Waals surface area contributed by atoms with E-state index in [1.54, 1.807) is 0 Å². The molecular weight excluding hydrogens is 166 g/mol. The molecule has 0 saturated heterocycles. The quantitative estimate of drug-likeness (QED) is 0.661. The first kappa shape index (κ1) is 8.65. The molecule has 13 heavy (non-hydrogen) atoms. The third kappa shape index (κ3) is 1.71. The fourth-order valence-electron chi connectivity index (χ4n) is 1.82. The van der Waals surface area contributed by atoms with Crippen LogP contribution in [0.3, 0.4) is 0 Å². The SMILES string of the molecule is NCc1cn([C@@H]2CC[C@H](N)C2)nn1. The number of rotatable bonds is 2. The van der Waals surface area contributed by atoms with Crippen molar-refractivity contribution < 1.29 is 0 Å². The summed E-state index contributed by atoms with van der Waals surface area (Å²) in [5.74, 6) is 0. The molecule has 0 amide bonds. The van der Waals surface area contributed by atoms with Crippen molar-refractivity contribution in [3.8, 4) is 0 Å². The van der Waals surface area contributed by atoms with Gasteiger partial charge in [-0.25, -0.2) is 4.68 Å². The fraction of sp³-hybridized carbons (Fsp3) is 0.750. The topological polar surface area (TPSA) is 82.8 Å². The van der Waals surface area contributed by atoms with Crippen LogP contribution in [0.1, 0.15) is 31.0 Å². The lowest BCUT2D eigenvalue weighted by Crippen LogP contribution is -2.16. The van der Waals surface area contributed by atoms with Gasteiger partial charge in [0.15, 0.2) is 0 Å². The van der Waals surface area contributed by atoms with Gasteiger partial charge >= 0.3 is 0 Å². The first-order valence-corrected chi connectivity index (χ1v) is 4.66. The standard InChI is InChI=1S/C8H15N5/c9-4-7-5-13(12-11-7)8-2-1-6(10)3-8/h5-6,8H,1-4,9-10H2/t6-,8+/m0/s1. The van der Waals surface area contributed by atoms with Crippen LogP contribution in [0.5, 0.6) is 0 Å². The van der Waals surface area contributed by atoms with Gasteiger partial charge in [0.25, 0.3) is 0 Å². The zero-order chi connectivity index (χ0) is 9.26. The minimum atomic E-state index is 0.329. The third-order valence-corrected chi connectivity index (χ3v) is 2.59. The number of nitrogens with two attached hydrogens (primary N) is 2. The van der Waals surface area contributed by atoms with Crippen LogP contribution in [0.15, 0.2) is 6.20 Å². The van der Waals surface area contributed by atoms with Gasteiger partial charge in [-0.2, -0.15) is 0 Å². The van der Waals surface area contributed by atoms with Crippen LogP contribution >= 0.6 is 0 Å². The van der Waals surface area contributed by atoms with Gasteiger partial charge in [-0.15, -0.1) is 5.10 Å². The molecule has 2 rings (SSSR count). The summed E-state index contributed by atoms with van der Waals surface area (Å²) >= 11 is 0. The summed E-state index contributed by atoms with van der Waals surface area (Å²) in [6, 6.07) is 0.762. The molecule has 5 heteroatoms. The van der Waals surface area contributed by atoms with Gasteiger partial charge in [-0.05, 0) is 19.3 Å². The zero-order valence-corrected chi connectivity index (χ0v) is 7.56. The highest BCUT2D eigenvalue weighted by molar-refractivity contribution is 4.93. The van der Waals surface area contributed by atoms with E-state index >= 15 is 0 Å².